The zero-order chi connectivity index (χ0) is 20.8. The molecule has 148 valence electrons. The van der Waals surface area contributed by atoms with Crippen LogP contribution in [0.1, 0.15) is 22.8 Å². The van der Waals surface area contributed by atoms with E-state index in [0.717, 1.165) is 5.56 Å². The minimum atomic E-state index is -1.40. The molecule has 2 heterocycles. The minimum Gasteiger partial charge on any atom is -0.497 e. The van der Waals surface area contributed by atoms with E-state index in [1.807, 2.05) is 24.3 Å². The highest BCUT2D eigenvalue weighted by molar-refractivity contribution is 7.21. The van der Waals surface area contributed by atoms with Crippen molar-refractivity contribution in [2.45, 2.75) is 12.3 Å². The lowest BCUT2D eigenvalue weighted by Gasteiger charge is -2.32. The fourth-order valence-corrected chi connectivity index (χ4v) is 4.90. The van der Waals surface area contributed by atoms with Gasteiger partial charge in [-0.1, -0.05) is 35.9 Å². The number of amides is 1. The van der Waals surface area contributed by atoms with Crippen molar-refractivity contribution < 1.29 is 19.1 Å². The number of ether oxygens (including phenoxy) is 2. The molecule has 0 saturated heterocycles. The summed E-state index contributed by atoms with van der Waals surface area (Å²) in [5.41, 5.74) is 0.927. The zero-order valence-corrected chi connectivity index (χ0v) is 17.6. The van der Waals surface area contributed by atoms with E-state index in [2.05, 4.69) is 5.32 Å². The third-order valence-electron chi connectivity index (χ3n) is 5.23. The van der Waals surface area contributed by atoms with E-state index in [0.29, 0.717) is 37.5 Å². The number of hydrogen-bond donors (Lipinski definition) is 1. The highest BCUT2D eigenvalue weighted by Gasteiger charge is 2.49. The van der Waals surface area contributed by atoms with Crippen LogP contribution in [0.5, 0.6) is 11.5 Å². The Labute approximate surface area is 177 Å². The van der Waals surface area contributed by atoms with Crippen LogP contribution in [0.2, 0.25) is 4.34 Å². The number of carbonyl (C=O) groups is 2. The Balaban J connectivity index is 1.91. The first-order chi connectivity index (χ1) is 13.9. The molecule has 1 aromatic heterocycles. The summed E-state index contributed by atoms with van der Waals surface area (Å²) in [7, 11) is 3.12. The first kappa shape index (κ1) is 19.5. The summed E-state index contributed by atoms with van der Waals surface area (Å²) in [5.74, 6) is 0.539. The molecular formula is C22H18ClNO4S. The number of hydrogen-bond acceptors (Lipinski definition) is 5. The average molecular weight is 428 g/mol. The first-order valence-electron chi connectivity index (χ1n) is 8.87. The molecule has 1 atom stereocenters. The normalized spacial score (nSPS) is 18.2. The smallest absolute Gasteiger partial charge is 0.243 e. The van der Waals surface area contributed by atoms with Gasteiger partial charge in [0.05, 0.1) is 19.8 Å². The highest BCUT2D eigenvalue weighted by Crippen LogP contribution is 2.49. The molecule has 0 aliphatic carbocycles. The molecule has 1 aliphatic rings. The van der Waals surface area contributed by atoms with Gasteiger partial charge < -0.3 is 14.8 Å². The van der Waals surface area contributed by atoms with E-state index in [-0.39, 0.29) is 5.78 Å². The van der Waals surface area contributed by atoms with Crippen molar-refractivity contribution in [2.75, 3.05) is 19.5 Å². The Bertz CT molecular complexity index is 1140. The van der Waals surface area contributed by atoms with Gasteiger partial charge in [-0.05, 0) is 42.3 Å². The number of Topliss-reactive ketones (excluding diaryl/α,β-unsaturated/α-hetero) is 1. The van der Waals surface area contributed by atoms with Gasteiger partial charge in [0.1, 0.15) is 26.3 Å². The molecule has 1 amide bonds. The van der Waals surface area contributed by atoms with Crippen molar-refractivity contribution in [3.63, 3.8) is 0 Å². The van der Waals surface area contributed by atoms with Crippen molar-refractivity contribution in [3.05, 3.63) is 64.0 Å². The largest absolute Gasteiger partial charge is 0.497 e. The molecule has 7 heteroatoms. The van der Waals surface area contributed by atoms with Crippen LogP contribution in [-0.2, 0) is 10.2 Å². The van der Waals surface area contributed by atoms with Gasteiger partial charge in [-0.15, -0.1) is 11.3 Å². The molecule has 3 aromatic rings. The lowest BCUT2D eigenvalue weighted by molar-refractivity contribution is -0.119. The molecule has 5 nitrogen and oxygen atoms in total. The van der Waals surface area contributed by atoms with E-state index < -0.39 is 11.3 Å². The molecule has 0 bridgehead atoms. The lowest BCUT2D eigenvalue weighted by atomic mass is 9.73. The number of ketones is 1. The Kier molecular flexibility index (Phi) is 4.84. The van der Waals surface area contributed by atoms with Crippen molar-refractivity contribution in [2.24, 2.45) is 0 Å². The molecular weight excluding hydrogens is 410 g/mol. The lowest BCUT2D eigenvalue weighted by Crippen LogP contribution is -2.48. The number of nitrogens with one attached hydrogen (secondary N) is 1. The van der Waals surface area contributed by atoms with Gasteiger partial charge in [-0.3, -0.25) is 9.59 Å². The van der Waals surface area contributed by atoms with Crippen LogP contribution in [0.25, 0.3) is 11.1 Å². The van der Waals surface area contributed by atoms with Crippen LogP contribution >= 0.6 is 22.9 Å². The molecule has 1 unspecified atom stereocenters. The summed E-state index contributed by atoms with van der Waals surface area (Å²) in [6.07, 6.45) is 0. The monoisotopic (exact) mass is 427 g/mol. The predicted molar refractivity (Wildman–Crippen MR) is 115 cm³/mol. The van der Waals surface area contributed by atoms with Gasteiger partial charge in [-0.25, -0.2) is 0 Å². The molecule has 1 N–H and O–H groups in total. The average Bonchev–Trinajstić information content (AvgIpc) is 3.07. The standard InChI is InChI=1S/C22H18ClNO4S/c1-22(13-7-5-9-15(11-13)28-3)18(25)17-16(12-6-4-8-14(10-12)27-2)19(23)29-20(17)24-21(22)26/h4-11H,1-3H3,(H,24,26). The molecule has 1 aliphatic heterocycles. The zero-order valence-electron chi connectivity index (χ0n) is 16.0. The maximum Gasteiger partial charge on any atom is 0.243 e. The van der Waals surface area contributed by atoms with E-state index in [9.17, 15) is 9.59 Å². The van der Waals surface area contributed by atoms with Crippen molar-refractivity contribution in [1.29, 1.82) is 0 Å². The molecule has 0 saturated carbocycles. The number of rotatable bonds is 4. The third kappa shape index (κ3) is 2.99. The second kappa shape index (κ2) is 7.21. The summed E-state index contributed by atoms with van der Waals surface area (Å²) in [6.45, 7) is 1.63. The molecule has 29 heavy (non-hydrogen) atoms. The fourth-order valence-electron chi connectivity index (χ4n) is 3.52. The van der Waals surface area contributed by atoms with Gasteiger partial charge in [0, 0.05) is 5.56 Å². The van der Waals surface area contributed by atoms with Crippen molar-refractivity contribution in [1.82, 2.24) is 0 Å². The Morgan fingerprint density at radius 2 is 1.62 bits per heavy atom. The first-order valence-corrected chi connectivity index (χ1v) is 10.1. The predicted octanol–water partition coefficient (Wildman–Crippen LogP) is 5.18. The third-order valence-corrected chi connectivity index (χ3v) is 6.55. The minimum absolute atomic E-state index is 0.300. The van der Waals surface area contributed by atoms with Gasteiger partial charge in [0.25, 0.3) is 0 Å². The summed E-state index contributed by atoms with van der Waals surface area (Å²) < 4.78 is 11.0. The number of carbonyl (C=O) groups excluding carboxylic acids is 2. The molecule has 2 aromatic carbocycles. The van der Waals surface area contributed by atoms with E-state index in [4.69, 9.17) is 21.1 Å². The Morgan fingerprint density at radius 1 is 0.966 bits per heavy atom. The summed E-state index contributed by atoms with van der Waals surface area (Å²) in [6, 6.07) is 14.3. The van der Waals surface area contributed by atoms with Gasteiger partial charge >= 0.3 is 0 Å². The second-order valence-electron chi connectivity index (χ2n) is 6.83. The summed E-state index contributed by atoms with van der Waals surface area (Å²) in [5, 5.41) is 3.34. The molecule has 0 spiro atoms. The van der Waals surface area contributed by atoms with Crippen LogP contribution in [-0.4, -0.2) is 25.9 Å². The van der Waals surface area contributed by atoms with Gasteiger partial charge in [0.2, 0.25) is 5.91 Å². The topological polar surface area (TPSA) is 64.6 Å². The van der Waals surface area contributed by atoms with E-state index in [1.54, 1.807) is 45.4 Å². The molecule has 4 rings (SSSR count). The Hall–Kier alpha value is -2.83. The summed E-state index contributed by atoms with van der Waals surface area (Å²) in [4.78, 5) is 26.7. The number of halogens is 1. The van der Waals surface area contributed by atoms with Gasteiger partial charge in [0.15, 0.2) is 5.78 Å². The van der Waals surface area contributed by atoms with Gasteiger partial charge in [-0.2, -0.15) is 0 Å². The highest BCUT2D eigenvalue weighted by atomic mass is 35.5. The van der Waals surface area contributed by atoms with Crippen LogP contribution in [0.15, 0.2) is 48.5 Å². The fraction of sp³-hybridized carbons (Fsp3) is 0.182. The van der Waals surface area contributed by atoms with E-state index in [1.165, 1.54) is 11.3 Å². The Morgan fingerprint density at radius 3 is 2.31 bits per heavy atom. The van der Waals surface area contributed by atoms with E-state index >= 15 is 0 Å². The SMILES string of the molecule is COc1cccc(-c2c(Cl)sc3c2C(=O)C(C)(c2cccc(OC)c2)C(=O)N3)c1. The van der Waals surface area contributed by atoms with Crippen molar-refractivity contribution >= 4 is 39.6 Å². The maximum atomic E-state index is 13.7. The number of methoxy groups -OCH3 is 2. The number of thiophene rings is 1. The number of anilines is 1. The van der Waals surface area contributed by atoms with Crippen LogP contribution in [0.3, 0.4) is 0 Å². The number of fused-ring (bicyclic) bond motifs is 1. The summed E-state index contributed by atoms with van der Waals surface area (Å²) >= 11 is 7.70. The van der Waals surface area contributed by atoms with Crippen LogP contribution < -0.4 is 14.8 Å². The molecule has 0 fully saturated rings. The quantitative estimate of drug-likeness (QED) is 0.583. The van der Waals surface area contributed by atoms with Crippen molar-refractivity contribution in [3.8, 4) is 22.6 Å². The number of benzene rings is 2. The van der Waals surface area contributed by atoms with Crippen LogP contribution in [0.4, 0.5) is 5.00 Å². The maximum absolute atomic E-state index is 13.7. The molecule has 0 radical (unpaired) electrons. The van der Waals surface area contributed by atoms with Crippen LogP contribution in [0, 0.1) is 0 Å². The second-order valence-corrected chi connectivity index (χ2v) is 8.45.